The van der Waals surface area contributed by atoms with Gasteiger partial charge in [0.25, 0.3) is 0 Å². The molecule has 0 amide bonds. The van der Waals surface area contributed by atoms with Crippen LogP contribution in [0.2, 0.25) is 0 Å². The van der Waals surface area contributed by atoms with Crippen molar-refractivity contribution in [2.75, 3.05) is 13.7 Å². The molecule has 152 valence electrons. The van der Waals surface area contributed by atoms with E-state index in [0.29, 0.717) is 23.6 Å². The molecule has 0 atom stereocenters. The molecule has 0 N–H and O–H groups in total. The summed E-state index contributed by atoms with van der Waals surface area (Å²) in [5.41, 5.74) is 1.41. The van der Waals surface area contributed by atoms with Crippen LogP contribution in [0.1, 0.15) is 23.1 Å². The van der Waals surface area contributed by atoms with E-state index in [1.54, 1.807) is 19.1 Å². The standard InChI is InChI=1S/C18H17F2N5O4/c1-3-28-16-15(11-5-4-6-13(7-11)29-18(19)20)23-12(8-21-16)10-25-14(9-22-24-25)17(26)27-2/h4-9,18H,3,10H2,1-2H3. The molecule has 0 unspecified atom stereocenters. The number of carbonyl (C=O) groups is 1. The molecule has 1 aromatic carbocycles. The number of benzene rings is 1. The highest BCUT2D eigenvalue weighted by Gasteiger charge is 2.17. The number of hydrogen-bond acceptors (Lipinski definition) is 8. The number of ether oxygens (including phenoxy) is 3. The van der Waals surface area contributed by atoms with Crippen LogP contribution < -0.4 is 9.47 Å². The fraction of sp³-hybridized carbons (Fsp3) is 0.278. The van der Waals surface area contributed by atoms with Gasteiger partial charge >= 0.3 is 12.6 Å². The molecule has 0 saturated heterocycles. The smallest absolute Gasteiger partial charge is 0.387 e. The van der Waals surface area contributed by atoms with Crippen molar-refractivity contribution in [1.29, 1.82) is 0 Å². The summed E-state index contributed by atoms with van der Waals surface area (Å²) in [5.74, 6) is -0.375. The summed E-state index contributed by atoms with van der Waals surface area (Å²) in [6.45, 7) is -0.736. The monoisotopic (exact) mass is 405 g/mol. The number of carbonyl (C=O) groups excluding carboxylic acids is 1. The van der Waals surface area contributed by atoms with Crippen LogP contribution >= 0.6 is 0 Å². The molecule has 3 aromatic rings. The molecule has 2 aromatic heterocycles. The van der Waals surface area contributed by atoms with Gasteiger partial charge in [0, 0.05) is 5.56 Å². The second-order valence-electron chi connectivity index (χ2n) is 5.62. The third kappa shape index (κ3) is 4.81. The molecular weight excluding hydrogens is 388 g/mol. The maximum atomic E-state index is 12.5. The summed E-state index contributed by atoms with van der Waals surface area (Å²) in [7, 11) is 1.25. The maximum absolute atomic E-state index is 12.5. The second-order valence-corrected chi connectivity index (χ2v) is 5.62. The highest BCUT2D eigenvalue weighted by Crippen LogP contribution is 2.29. The van der Waals surface area contributed by atoms with Crippen LogP contribution in [0.4, 0.5) is 8.78 Å². The van der Waals surface area contributed by atoms with E-state index >= 15 is 0 Å². The third-order valence-corrected chi connectivity index (χ3v) is 3.73. The predicted octanol–water partition coefficient (Wildman–Crippen LogP) is 2.57. The van der Waals surface area contributed by atoms with E-state index in [1.165, 1.54) is 36.3 Å². The average molecular weight is 405 g/mol. The Kier molecular flexibility index (Phi) is 6.27. The van der Waals surface area contributed by atoms with Crippen molar-refractivity contribution in [3.8, 4) is 22.9 Å². The van der Waals surface area contributed by atoms with E-state index in [2.05, 4.69) is 25.0 Å². The van der Waals surface area contributed by atoms with Gasteiger partial charge in [-0.2, -0.15) is 8.78 Å². The van der Waals surface area contributed by atoms with E-state index in [4.69, 9.17) is 9.47 Å². The molecule has 3 rings (SSSR count). The number of aromatic nitrogens is 5. The Balaban J connectivity index is 1.97. The van der Waals surface area contributed by atoms with Crippen molar-refractivity contribution >= 4 is 5.97 Å². The van der Waals surface area contributed by atoms with Gasteiger partial charge in [-0.3, -0.25) is 0 Å². The zero-order valence-electron chi connectivity index (χ0n) is 15.6. The molecule has 0 saturated carbocycles. The minimum absolute atomic E-state index is 0.0172. The molecule has 0 bridgehead atoms. The molecule has 9 nitrogen and oxygen atoms in total. The lowest BCUT2D eigenvalue weighted by atomic mass is 10.1. The Bertz CT molecular complexity index is 996. The number of hydrogen-bond donors (Lipinski definition) is 0. The van der Waals surface area contributed by atoms with Gasteiger partial charge in [0.15, 0.2) is 5.69 Å². The lowest BCUT2D eigenvalue weighted by Gasteiger charge is -2.12. The number of alkyl halides is 2. The number of rotatable bonds is 8. The minimum Gasteiger partial charge on any atom is -0.476 e. The third-order valence-electron chi connectivity index (χ3n) is 3.73. The molecule has 0 fully saturated rings. The van der Waals surface area contributed by atoms with Gasteiger partial charge in [-0.25, -0.2) is 19.4 Å². The number of methoxy groups -OCH3 is 1. The van der Waals surface area contributed by atoms with Crippen molar-refractivity contribution in [3.63, 3.8) is 0 Å². The Labute approximate surface area is 164 Å². The van der Waals surface area contributed by atoms with E-state index in [1.807, 2.05) is 0 Å². The fourth-order valence-electron chi connectivity index (χ4n) is 2.53. The quantitative estimate of drug-likeness (QED) is 0.527. The molecule has 0 aliphatic rings. The van der Waals surface area contributed by atoms with Gasteiger partial charge in [-0.15, -0.1) is 5.10 Å². The first-order chi connectivity index (χ1) is 14.0. The summed E-state index contributed by atoms with van der Waals surface area (Å²) in [6, 6.07) is 6.05. The van der Waals surface area contributed by atoms with Crippen LogP contribution in [-0.4, -0.2) is 51.3 Å². The Morgan fingerprint density at radius 3 is 2.83 bits per heavy atom. The SMILES string of the molecule is CCOc1ncc(Cn2nncc2C(=O)OC)nc1-c1cccc(OC(F)F)c1. The van der Waals surface area contributed by atoms with Gasteiger partial charge < -0.3 is 14.2 Å². The highest BCUT2D eigenvalue weighted by molar-refractivity contribution is 5.86. The molecule has 0 radical (unpaired) electrons. The van der Waals surface area contributed by atoms with E-state index < -0.39 is 12.6 Å². The minimum atomic E-state index is -2.95. The molecule has 0 aliphatic heterocycles. The summed E-state index contributed by atoms with van der Waals surface area (Å²) >= 11 is 0. The normalized spacial score (nSPS) is 10.8. The van der Waals surface area contributed by atoms with E-state index in [9.17, 15) is 13.6 Å². The van der Waals surface area contributed by atoms with Gasteiger partial charge in [-0.05, 0) is 19.1 Å². The summed E-state index contributed by atoms with van der Waals surface area (Å²) in [6.07, 6.45) is 2.75. The zero-order chi connectivity index (χ0) is 20.8. The number of halogens is 2. The van der Waals surface area contributed by atoms with Crippen molar-refractivity contribution in [2.24, 2.45) is 0 Å². The molecule has 2 heterocycles. The summed E-state index contributed by atoms with van der Waals surface area (Å²) in [5, 5.41) is 7.56. The second kappa shape index (κ2) is 9.04. The summed E-state index contributed by atoms with van der Waals surface area (Å²) < 4.78 is 41.0. The Hall–Kier alpha value is -3.63. The number of nitrogens with zero attached hydrogens (tertiary/aromatic N) is 5. The van der Waals surface area contributed by atoms with Crippen LogP contribution in [0, 0.1) is 0 Å². The molecule has 11 heteroatoms. The van der Waals surface area contributed by atoms with Crippen LogP contribution in [0.5, 0.6) is 11.6 Å². The van der Waals surface area contributed by atoms with E-state index in [-0.39, 0.29) is 23.9 Å². The number of esters is 1. The topological polar surface area (TPSA) is 101 Å². The first-order valence-electron chi connectivity index (χ1n) is 8.52. The van der Waals surface area contributed by atoms with Crippen molar-refractivity contribution in [2.45, 2.75) is 20.1 Å². The zero-order valence-corrected chi connectivity index (χ0v) is 15.6. The van der Waals surface area contributed by atoms with Crippen molar-refractivity contribution in [1.82, 2.24) is 25.0 Å². The van der Waals surface area contributed by atoms with Crippen LogP contribution in [-0.2, 0) is 11.3 Å². The maximum Gasteiger partial charge on any atom is 0.387 e. The Morgan fingerprint density at radius 1 is 1.28 bits per heavy atom. The van der Waals surface area contributed by atoms with Crippen LogP contribution in [0.15, 0.2) is 36.7 Å². The largest absolute Gasteiger partial charge is 0.476 e. The van der Waals surface area contributed by atoms with Crippen LogP contribution in [0.25, 0.3) is 11.3 Å². The fourth-order valence-corrected chi connectivity index (χ4v) is 2.53. The molecule has 29 heavy (non-hydrogen) atoms. The molecule has 0 spiro atoms. The average Bonchev–Trinajstić information content (AvgIpc) is 3.16. The van der Waals surface area contributed by atoms with Gasteiger partial charge in [0.1, 0.15) is 11.4 Å². The van der Waals surface area contributed by atoms with Gasteiger partial charge in [0.2, 0.25) is 5.88 Å². The van der Waals surface area contributed by atoms with E-state index in [0.717, 1.165) is 0 Å². The summed E-state index contributed by atoms with van der Waals surface area (Å²) in [4.78, 5) is 20.6. The Morgan fingerprint density at radius 2 is 2.10 bits per heavy atom. The van der Waals surface area contributed by atoms with Crippen molar-refractivity contribution in [3.05, 3.63) is 48.0 Å². The van der Waals surface area contributed by atoms with Crippen molar-refractivity contribution < 1.29 is 27.8 Å². The van der Waals surface area contributed by atoms with Crippen LogP contribution in [0.3, 0.4) is 0 Å². The predicted molar refractivity (Wildman–Crippen MR) is 95.7 cm³/mol. The lowest BCUT2D eigenvalue weighted by Crippen LogP contribution is -2.14. The molecule has 0 aliphatic carbocycles. The van der Waals surface area contributed by atoms with Gasteiger partial charge in [-0.1, -0.05) is 17.3 Å². The highest BCUT2D eigenvalue weighted by atomic mass is 19.3. The molecular formula is C18H17F2N5O4. The first-order valence-corrected chi connectivity index (χ1v) is 8.52. The lowest BCUT2D eigenvalue weighted by molar-refractivity contribution is -0.0498. The first kappa shape index (κ1) is 20.1. The van der Waals surface area contributed by atoms with Gasteiger partial charge in [0.05, 0.1) is 38.3 Å².